The normalized spacial score (nSPS) is 47.1. The van der Waals surface area contributed by atoms with Gasteiger partial charge in [0, 0.05) is 6.04 Å². The van der Waals surface area contributed by atoms with Crippen molar-refractivity contribution >= 4 is 0 Å². The van der Waals surface area contributed by atoms with Crippen LogP contribution in [0.4, 0.5) is 0 Å². The first-order valence-electron chi connectivity index (χ1n) is 4.63. The van der Waals surface area contributed by atoms with Gasteiger partial charge in [-0.2, -0.15) is 0 Å². The molecule has 2 aliphatic carbocycles. The fourth-order valence-electron chi connectivity index (χ4n) is 2.73. The summed E-state index contributed by atoms with van der Waals surface area (Å²) >= 11 is 0. The third kappa shape index (κ3) is 0.968. The van der Waals surface area contributed by atoms with Crippen LogP contribution in [-0.2, 0) is 0 Å². The number of hydrogen-bond acceptors (Lipinski definition) is 1. The van der Waals surface area contributed by atoms with Crippen molar-refractivity contribution in [2.45, 2.75) is 44.6 Å². The van der Waals surface area contributed by atoms with Crippen LogP contribution in [-0.4, -0.2) is 6.04 Å². The molecule has 0 saturated heterocycles. The maximum absolute atomic E-state index is 6.08. The molecule has 10 heavy (non-hydrogen) atoms. The third-order valence-corrected chi connectivity index (χ3v) is 3.39. The summed E-state index contributed by atoms with van der Waals surface area (Å²) in [4.78, 5) is 0. The van der Waals surface area contributed by atoms with Gasteiger partial charge in [0.25, 0.3) is 0 Å². The molecule has 0 aromatic rings. The molecule has 0 radical (unpaired) electrons. The first kappa shape index (κ1) is 6.66. The summed E-state index contributed by atoms with van der Waals surface area (Å²) in [7, 11) is 0. The van der Waals surface area contributed by atoms with Crippen molar-refractivity contribution in [3.8, 4) is 0 Å². The lowest BCUT2D eigenvalue weighted by atomic mass is 9.69. The van der Waals surface area contributed by atoms with Gasteiger partial charge in [0.05, 0.1) is 0 Å². The zero-order valence-corrected chi connectivity index (χ0v) is 6.55. The van der Waals surface area contributed by atoms with Crippen molar-refractivity contribution in [2.24, 2.45) is 17.6 Å². The Morgan fingerprint density at radius 2 is 1.20 bits per heavy atom. The van der Waals surface area contributed by atoms with Gasteiger partial charge in [0.2, 0.25) is 0 Å². The highest BCUT2D eigenvalue weighted by Gasteiger charge is 2.33. The van der Waals surface area contributed by atoms with E-state index in [-0.39, 0.29) is 0 Å². The van der Waals surface area contributed by atoms with Crippen molar-refractivity contribution in [2.75, 3.05) is 0 Å². The average molecular weight is 139 g/mol. The van der Waals surface area contributed by atoms with Crippen LogP contribution in [0.1, 0.15) is 38.5 Å². The van der Waals surface area contributed by atoms with E-state index in [2.05, 4.69) is 0 Å². The van der Waals surface area contributed by atoms with Gasteiger partial charge < -0.3 is 5.73 Å². The molecule has 0 aromatic carbocycles. The predicted molar refractivity (Wildman–Crippen MR) is 42.7 cm³/mol. The van der Waals surface area contributed by atoms with Crippen LogP contribution in [0.25, 0.3) is 0 Å². The van der Waals surface area contributed by atoms with Gasteiger partial charge in [0.15, 0.2) is 0 Å². The molecule has 2 rings (SSSR count). The van der Waals surface area contributed by atoms with E-state index in [0.717, 1.165) is 11.8 Å². The van der Waals surface area contributed by atoms with E-state index in [1.54, 1.807) is 0 Å². The van der Waals surface area contributed by atoms with Gasteiger partial charge in [-0.25, -0.2) is 0 Å². The second-order valence-electron chi connectivity index (χ2n) is 3.96. The summed E-state index contributed by atoms with van der Waals surface area (Å²) in [5.74, 6) is 1.79. The van der Waals surface area contributed by atoms with Crippen molar-refractivity contribution in [3.05, 3.63) is 0 Å². The number of fused-ring (bicyclic) bond motifs is 2. The monoisotopic (exact) mass is 139 g/mol. The Balaban J connectivity index is 2.05. The second kappa shape index (κ2) is 2.54. The van der Waals surface area contributed by atoms with Crippen LogP contribution in [0.5, 0.6) is 0 Å². The predicted octanol–water partition coefficient (Wildman–Crippen LogP) is 1.91. The summed E-state index contributed by atoms with van der Waals surface area (Å²) in [6.45, 7) is 0. The molecule has 0 unspecified atom stereocenters. The van der Waals surface area contributed by atoms with Gasteiger partial charge in [-0.05, 0) is 37.5 Å². The van der Waals surface area contributed by atoms with Gasteiger partial charge in [0.1, 0.15) is 0 Å². The maximum atomic E-state index is 6.08. The molecule has 1 nitrogen and oxygen atoms in total. The molecule has 1 heteroatoms. The van der Waals surface area contributed by atoms with Crippen molar-refractivity contribution < 1.29 is 0 Å². The van der Waals surface area contributed by atoms with Gasteiger partial charge >= 0.3 is 0 Å². The molecule has 0 heterocycles. The lowest BCUT2D eigenvalue weighted by Crippen LogP contribution is -2.43. The fraction of sp³-hybridized carbons (Fsp3) is 1.00. The Morgan fingerprint density at radius 3 is 1.50 bits per heavy atom. The molecule has 2 fully saturated rings. The minimum atomic E-state index is 0.572. The molecule has 0 spiro atoms. The number of rotatable bonds is 0. The van der Waals surface area contributed by atoms with E-state index in [9.17, 15) is 0 Å². The summed E-state index contributed by atoms with van der Waals surface area (Å²) in [5.41, 5.74) is 6.08. The minimum absolute atomic E-state index is 0.572. The summed E-state index contributed by atoms with van der Waals surface area (Å²) in [6.07, 6.45) is 8.55. The van der Waals surface area contributed by atoms with Crippen molar-refractivity contribution in [1.29, 1.82) is 0 Å². The Kier molecular flexibility index (Phi) is 1.69. The number of nitrogens with two attached hydrogens (primary N) is 1. The zero-order chi connectivity index (χ0) is 6.97. The van der Waals surface area contributed by atoms with E-state index < -0.39 is 0 Å². The Hall–Kier alpha value is -0.0400. The van der Waals surface area contributed by atoms with Gasteiger partial charge in [-0.15, -0.1) is 0 Å². The van der Waals surface area contributed by atoms with E-state index in [0.29, 0.717) is 6.04 Å². The average Bonchev–Trinajstić information content (AvgIpc) is 1.86. The molecule has 2 bridgehead atoms. The number of hydrogen-bond donors (Lipinski definition) is 1. The quantitative estimate of drug-likeness (QED) is 0.545. The fourth-order valence-corrected chi connectivity index (χ4v) is 2.73. The molecule has 0 amide bonds. The van der Waals surface area contributed by atoms with Crippen LogP contribution >= 0.6 is 0 Å². The summed E-state index contributed by atoms with van der Waals surface area (Å²) in [5, 5.41) is 0. The van der Waals surface area contributed by atoms with E-state index in [4.69, 9.17) is 5.73 Å². The largest absolute Gasteiger partial charge is 0.327 e. The van der Waals surface area contributed by atoms with Crippen LogP contribution in [0.3, 0.4) is 0 Å². The van der Waals surface area contributed by atoms with Crippen LogP contribution < -0.4 is 5.73 Å². The highest BCUT2D eigenvalue weighted by atomic mass is 14.7. The van der Waals surface area contributed by atoms with E-state index in [1.807, 2.05) is 0 Å². The highest BCUT2D eigenvalue weighted by molar-refractivity contribution is 4.88. The molecule has 2 saturated carbocycles. The van der Waals surface area contributed by atoms with E-state index >= 15 is 0 Å². The van der Waals surface area contributed by atoms with Crippen LogP contribution in [0.15, 0.2) is 0 Å². The SMILES string of the molecule is NC1C2CCCC1CCC2. The van der Waals surface area contributed by atoms with Gasteiger partial charge in [-0.3, -0.25) is 0 Å². The molecule has 0 atom stereocenters. The van der Waals surface area contributed by atoms with Crippen LogP contribution in [0.2, 0.25) is 0 Å². The zero-order valence-electron chi connectivity index (χ0n) is 6.55. The summed E-state index contributed by atoms with van der Waals surface area (Å²) < 4.78 is 0. The van der Waals surface area contributed by atoms with Crippen molar-refractivity contribution in [1.82, 2.24) is 0 Å². The highest BCUT2D eigenvalue weighted by Crippen LogP contribution is 2.38. The van der Waals surface area contributed by atoms with Crippen LogP contribution in [0, 0.1) is 11.8 Å². The molecular formula is C9H17N. The second-order valence-corrected chi connectivity index (χ2v) is 3.96. The summed E-state index contributed by atoms with van der Waals surface area (Å²) in [6, 6.07) is 0.572. The van der Waals surface area contributed by atoms with Gasteiger partial charge in [-0.1, -0.05) is 12.8 Å². The topological polar surface area (TPSA) is 26.0 Å². The molecular weight excluding hydrogens is 122 g/mol. The Labute approximate surface area is 63.0 Å². The van der Waals surface area contributed by atoms with Crippen molar-refractivity contribution in [3.63, 3.8) is 0 Å². The smallest absolute Gasteiger partial charge is 0.00956 e. The lowest BCUT2D eigenvalue weighted by molar-refractivity contribution is 0.153. The Morgan fingerprint density at radius 1 is 0.800 bits per heavy atom. The standard InChI is InChI=1S/C9H17N/c10-9-7-3-1-4-8(9)6-2-5-7/h7-9H,1-6,10H2. The Bertz CT molecular complexity index is 99.9. The molecule has 0 aliphatic heterocycles. The minimum Gasteiger partial charge on any atom is -0.327 e. The first-order valence-corrected chi connectivity index (χ1v) is 4.63. The molecule has 58 valence electrons. The first-order chi connectivity index (χ1) is 4.88. The maximum Gasteiger partial charge on any atom is 0.00956 e. The molecule has 2 N–H and O–H groups in total. The lowest BCUT2D eigenvalue weighted by Gasteiger charge is -2.40. The third-order valence-electron chi connectivity index (χ3n) is 3.39. The molecule has 0 aromatic heterocycles. The van der Waals surface area contributed by atoms with E-state index in [1.165, 1.54) is 38.5 Å². The molecule has 2 aliphatic rings.